The number of benzene rings is 1. The molecule has 32 heavy (non-hydrogen) atoms. The molecular formula is C25H31F3O3S. The van der Waals surface area contributed by atoms with Gasteiger partial charge in [-0.05, 0) is 54.7 Å². The maximum atomic E-state index is 12.8. The Morgan fingerprint density at radius 1 is 1.16 bits per heavy atom. The largest absolute Gasteiger partial charge is 0.416 e. The van der Waals surface area contributed by atoms with Crippen molar-refractivity contribution in [1.82, 2.24) is 0 Å². The Hall–Kier alpha value is -2.80. The second-order valence-corrected chi connectivity index (χ2v) is 7.66. The lowest BCUT2D eigenvalue weighted by atomic mass is 9.94. The number of rotatable bonds is 9. The van der Waals surface area contributed by atoms with E-state index in [4.69, 9.17) is 4.79 Å². The molecule has 1 heterocycles. The van der Waals surface area contributed by atoms with Gasteiger partial charge in [-0.2, -0.15) is 13.2 Å². The number of alkyl halides is 3. The van der Waals surface area contributed by atoms with Gasteiger partial charge in [-0.1, -0.05) is 46.1 Å². The Morgan fingerprint density at radius 3 is 2.28 bits per heavy atom. The average Bonchev–Trinajstić information content (AvgIpc) is 3.30. The van der Waals surface area contributed by atoms with E-state index < -0.39 is 11.7 Å². The van der Waals surface area contributed by atoms with Gasteiger partial charge in [0.05, 0.1) is 10.4 Å². The number of hydrogen-bond donors (Lipinski definition) is 0. The van der Waals surface area contributed by atoms with Gasteiger partial charge in [0.25, 0.3) is 0 Å². The third-order valence-electron chi connectivity index (χ3n) is 4.53. The molecule has 0 bridgehead atoms. The highest BCUT2D eigenvalue weighted by atomic mass is 32.1. The van der Waals surface area contributed by atoms with Crippen molar-refractivity contribution < 1.29 is 29.0 Å². The second kappa shape index (κ2) is 14.3. The van der Waals surface area contributed by atoms with Gasteiger partial charge in [0.2, 0.25) is 0 Å². The van der Waals surface area contributed by atoms with Gasteiger partial charge in [0.1, 0.15) is 6.79 Å². The number of hydrogen-bond acceptors (Lipinski definition) is 4. The molecule has 0 N–H and O–H groups in total. The first-order valence-electron chi connectivity index (χ1n) is 10.1. The summed E-state index contributed by atoms with van der Waals surface area (Å²) >= 11 is 1.24. The van der Waals surface area contributed by atoms with Crippen molar-refractivity contribution in [1.29, 1.82) is 0 Å². The topological polar surface area (TPSA) is 51.2 Å². The van der Waals surface area contributed by atoms with E-state index in [-0.39, 0.29) is 13.1 Å². The highest BCUT2D eigenvalue weighted by molar-refractivity contribution is 7.15. The quantitative estimate of drug-likeness (QED) is 0.217. The molecule has 2 rings (SSSR count). The SMILES string of the molecule is C=Cc1cc(C(F)(F)F)ccc1CCCC(C)C(=O)c1ccc(C(=C)C=O)s1.C=O.CC.[HH]. The van der Waals surface area contributed by atoms with Gasteiger partial charge in [-0.3, -0.25) is 9.59 Å². The zero-order valence-corrected chi connectivity index (χ0v) is 19.4. The summed E-state index contributed by atoms with van der Waals surface area (Å²) in [6.45, 7) is 15.1. The fourth-order valence-corrected chi connectivity index (χ4v) is 3.85. The highest BCUT2D eigenvalue weighted by Crippen LogP contribution is 2.31. The maximum Gasteiger partial charge on any atom is 0.416 e. The molecule has 0 aliphatic heterocycles. The maximum absolute atomic E-state index is 12.8. The van der Waals surface area contributed by atoms with Crippen molar-refractivity contribution in [2.24, 2.45) is 5.92 Å². The van der Waals surface area contributed by atoms with E-state index in [1.165, 1.54) is 23.5 Å². The minimum Gasteiger partial charge on any atom is -0.307 e. The van der Waals surface area contributed by atoms with Crippen molar-refractivity contribution in [2.45, 2.75) is 46.2 Å². The van der Waals surface area contributed by atoms with E-state index in [1.54, 1.807) is 12.1 Å². The van der Waals surface area contributed by atoms with Crippen LogP contribution in [0.3, 0.4) is 0 Å². The normalized spacial score (nSPS) is 11.2. The fourth-order valence-electron chi connectivity index (χ4n) is 2.86. The summed E-state index contributed by atoms with van der Waals surface area (Å²) in [5.74, 6) is -0.232. The molecule has 1 unspecified atom stereocenters. The van der Waals surface area contributed by atoms with Gasteiger partial charge in [0, 0.05) is 17.8 Å². The van der Waals surface area contributed by atoms with Crippen molar-refractivity contribution in [3.05, 3.63) is 69.9 Å². The first-order chi connectivity index (χ1) is 15.2. The molecule has 0 saturated heterocycles. The molecule has 0 saturated carbocycles. The van der Waals surface area contributed by atoms with E-state index in [9.17, 15) is 22.8 Å². The number of carbonyl (C=O) groups excluding carboxylic acids is 3. The minimum atomic E-state index is -4.38. The van der Waals surface area contributed by atoms with Crippen LogP contribution in [0.25, 0.3) is 11.6 Å². The highest BCUT2D eigenvalue weighted by Gasteiger charge is 2.30. The van der Waals surface area contributed by atoms with Crippen molar-refractivity contribution in [3.8, 4) is 0 Å². The van der Waals surface area contributed by atoms with Crippen LogP contribution in [-0.2, 0) is 22.2 Å². The molecule has 176 valence electrons. The van der Waals surface area contributed by atoms with Crippen LogP contribution in [0.5, 0.6) is 0 Å². The molecule has 0 fully saturated rings. The van der Waals surface area contributed by atoms with Crippen LogP contribution in [0, 0.1) is 5.92 Å². The van der Waals surface area contributed by atoms with Gasteiger partial charge < -0.3 is 4.79 Å². The van der Waals surface area contributed by atoms with Crippen LogP contribution < -0.4 is 0 Å². The Morgan fingerprint density at radius 2 is 1.75 bits per heavy atom. The van der Waals surface area contributed by atoms with Crippen LogP contribution in [0.2, 0.25) is 0 Å². The lowest BCUT2D eigenvalue weighted by molar-refractivity contribution is -0.137. The summed E-state index contributed by atoms with van der Waals surface area (Å²) in [7, 11) is 0. The smallest absolute Gasteiger partial charge is 0.307 e. The summed E-state index contributed by atoms with van der Waals surface area (Å²) < 4.78 is 38.5. The van der Waals surface area contributed by atoms with E-state index in [1.807, 2.05) is 27.6 Å². The van der Waals surface area contributed by atoms with Crippen LogP contribution >= 0.6 is 11.3 Å². The summed E-state index contributed by atoms with van der Waals surface area (Å²) in [6, 6.07) is 7.05. The summed E-state index contributed by atoms with van der Waals surface area (Å²) in [4.78, 5) is 32.6. The molecule has 0 radical (unpaired) electrons. The van der Waals surface area contributed by atoms with E-state index in [2.05, 4.69) is 13.2 Å². The lowest BCUT2D eigenvalue weighted by Gasteiger charge is -2.13. The van der Waals surface area contributed by atoms with E-state index in [0.29, 0.717) is 46.4 Å². The molecule has 1 aromatic carbocycles. The number of aldehydes is 1. The number of aryl methyl sites for hydroxylation is 1. The molecule has 0 aliphatic carbocycles. The predicted octanol–water partition coefficient (Wildman–Crippen LogP) is 7.55. The molecule has 2 aromatic rings. The molecule has 1 atom stereocenters. The predicted molar refractivity (Wildman–Crippen MR) is 128 cm³/mol. The van der Waals surface area contributed by atoms with Crippen molar-refractivity contribution >= 4 is 41.8 Å². The standard InChI is InChI=1S/C22H21F3O2S.C2H6.CH2O.H2/c1-4-16-12-18(22(23,24)25)9-8-17(16)7-5-6-14(2)21(27)20-11-10-19(28-20)15(3)13-26;2*1-2;/h4,8-14H,1,3,5-7H2,2H3;1-2H3;1H2;1H. The summed E-state index contributed by atoms with van der Waals surface area (Å²) in [6.07, 6.45) is -0.464. The van der Waals surface area contributed by atoms with Crippen LogP contribution in [0.1, 0.15) is 66.3 Å². The third kappa shape index (κ3) is 8.38. The first-order valence-corrected chi connectivity index (χ1v) is 10.9. The Labute approximate surface area is 193 Å². The molecule has 0 spiro atoms. The van der Waals surface area contributed by atoms with Crippen molar-refractivity contribution in [3.63, 3.8) is 0 Å². The van der Waals surface area contributed by atoms with Gasteiger partial charge in [-0.25, -0.2) is 0 Å². The fraction of sp³-hybridized carbons (Fsp3) is 0.320. The van der Waals surface area contributed by atoms with Crippen LogP contribution in [0.4, 0.5) is 13.2 Å². The van der Waals surface area contributed by atoms with Crippen LogP contribution in [0.15, 0.2) is 43.5 Å². The average molecular weight is 469 g/mol. The monoisotopic (exact) mass is 468 g/mol. The summed E-state index contributed by atoms with van der Waals surface area (Å²) in [5, 5.41) is 0. The van der Waals surface area contributed by atoms with Crippen LogP contribution in [-0.4, -0.2) is 18.9 Å². The molecular weight excluding hydrogens is 437 g/mol. The number of carbonyl (C=O) groups is 3. The molecule has 1 aromatic heterocycles. The van der Waals surface area contributed by atoms with Crippen molar-refractivity contribution in [2.75, 3.05) is 0 Å². The molecule has 0 amide bonds. The Bertz CT molecular complexity index is 920. The summed E-state index contributed by atoms with van der Waals surface area (Å²) in [5.41, 5.74) is 0.892. The third-order valence-corrected chi connectivity index (χ3v) is 5.71. The number of thiophene rings is 1. The van der Waals surface area contributed by atoms with Gasteiger partial charge in [-0.15, -0.1) is 11.3 Å². The second-order valence-electron chi connectivity index (χ2n) is 6.58. The number of allylic oxidation sites excluding steroid dienone is 1. The number of ketones is 1. The minimum absolute atomic E-state index is 0. The van der Waals surface area contributed by atoms with Gasteiger partial charge in [0.15, 0.2) is 12.1 Å². The van der Waals surface area contributed by atoms with E-state index >= 15 is 0 Å². The zero-order valence-electron chi connectivity index (χ0n) is 18.6. The first kappa shape index (κ1) is 29.2. The van der Waals surface area contributed by atoms with Gasteiger partial charge >= 0.3 is 6.18 Å². The molecule has 7 heteroatoms. The Kier molecular flexibility index (Phi) is 13.0. The lowest BCUT2D eigenvalue weighted by Crippen LogP contribution is -2.10. The Balaban J connectivity index is 0. The molecule has 3 nitrogen and oxygen atoms in total. The zero-order chi connectivity index (χ0) is 24.9. The number of halogens is 3. The van der Waals surface area contributed by atoms with E-state index in [0.717, 1.165) is 17.7 Å². The number of Topliss-reactive ketones (excluding diaryl/α,β-unsaturated/α-hetero) is 1. The molecule has 0 aliphatic rings.